The summed E-state index contributed by atoms with van der Waals surface area (Å²) in [7, 11) is 0. The standard InChI is InChI=1S/C18H18ClNO4S/c1-12(24-15-5-3-4-13(19)10-15)18(22)23-11-17(21)20-14-6-8-16(25-2)9-7-14/h3-10,12H,11H2,1-2H3,(H,20,21). The number of halogens is 1. The fourth-order valence-corrected chi connectivity index (χ4v) is 2.51. The molecule has 25 heavy (non-hydrogen) atoms. The van der Waals surface area contributed by atoms with Crippen molar-refractivity contribution in [2.75, 3.05) is 18.2 Å². The summed E-state index contributed by atoms with van der Waals surface area (Å²) in [6.45, 7) is 1.16. The predicted molar refractivity (Wildman–Crippen MR) is 99.4 cm³/mol. The van der Waals surface area contributed by atoms with E-state index in [0.717, 1.165) is 4.90 Å². The van der Waals surface area contributed by atoms with Crippen LogP contribution >= 0.6 is 23.4 Å². The lowest BCUT2D eigenvalue weighted by Gasteiger charge is -2.14. The molecule has 0 saturated heterocycles. The molecule has 2 aromatic rings. The molecule has 1 N–H and O–H groups in total. The zero-order chi connectivity index (χ0) is 18.2. The van der Waals surface area contributed by atoms with Crippen molar-refractivity contribution in [3.05, 3.63) is 53.6 Å². The minimum absolute atomic E-state index is 0.383. The van der Waals surface area contributed by atoms with Gasteiger partial charge >= 0.3 is 5.97 Å². The molecule has 0 heterocycles. The highest BCUT2D eigenvalue weighted by atomic mass is 35.5. The van der Waals surface area contributed by atoms with Gasteiger partial charge in [-0.3, -0.25) is 4.79 Å². The van der Waals surface area contributed by atoms with Gasteiger partial charge in [-0.1, -0.05) is 17.7 Å². The van der Waals surface area contributed by atoms with Crippen LogP contribution < -0.4 is 10.1 Å². The molecule has 0 aliphatic rings. The molecule has 1 atom stereocenters. The van der Waals surface area contributed by atoms with E-state index < -0.39 is 18.0 Å². The van der Waals surface area contributed by atoms with Crippen LogP contribution in [0.5, 0.6) is 5.75 Å². The van der Waals surface area contributed by atoms with Crippen molar-refractivity contribution in [1.82, 2.24) is 0 Å². The Kier molecular flexibility index (Phi) is 7.16. The Labute approximate surface area is 155 Å². The van der Waals surface area contributed by atoms with E-state index in [0.29, 0.717) is 16.5 Å². The van der Waals surface area contributed by atoms with Crippen LogP contribution in [0.1, 0.15) is 6.92 Å². The van der Waals surface area contributed by atoms with Crippen LogP contribution in [-0.2, 0) is 14.3 Å². The minimum atomic E-state index is -0.855. The smallest absolute Gasteiger partial charge is 0.347 e. The van der Waals surface area contributed by atoms with Crippen molar-refractivity contribution < 1.29 is 19.1 Å². The number of ether oxygens (including phenoxy) is 2. The summed E-state index contributed by atoms with van der Waals surface area (Å²) in [5.74, 6) is -0.594. The first-order valence-corrected chi connectivity index (χ1v) is 9.11. The van der Waals surface area contributed by atoms with Gasteiger partial charge in [0, 0.05) is 15.6 Å². The maximum absolute atomic E-state index is 11.9. The number of esters is 1. The van der Waals surface area contributed by atoms with E-state index in [1.807, 2.05) is 18.4 Å². The molecule has 5 nitrogen and oxygen atoms in total. The number of nitrogens with one attached hydrogen (secondary N) is 1. The van der Waals surface area contributed by atoms with Crippen LogP contribution in [0.3, 0.4) is 0 Å². The number of carbonyl (C=O) groups excluding carboxylic acids is 2. The van der Waals surface area contributed by atoms with Gasteiger partial charge in [-0.05, 0) is 55.6 Å². The van der Waals surface area contributed by atoms with Crippen LogP contribution in [-0.4, -0.2) is 30.8 Å². The third kappa shape index (κ3) is 6.32. The summed E-state index contributed by atoms with van der Waals surface area (Å²) < 4.78 is 10.4. The van der Waals surface area contributed by atoms with Crippen LogP contribution in [0.25, 0.3) is 0 Å². The molecule has 0 radical (unpaired) electrons. The fourth-order valence-electron chi connectivity index (χ4n) is 1.92. The lowest BCUT2D eigenvalue weighted by atomic mass is 10.3. The molecular weight excluding hydrogens is 362 g/mol. The normalized spacial score (nSPS) is 11.5. The average molecular weight is 380 g/mol. The molecule has 0 aromatic heterocycles. The Morgan fingerprint density at radius 3 is 2.56 bits per heavy atom. The zero-order valence-corrected chi connectivity index (χ0v) is 15.4. The predicted octanol–water partition coefficient (Wildman–Crippen LogP) is 4.01. The van der Waals surface area contributed by atoms with E-state index in [4.69, 9.17) is 21.1 Å². The molecule has 0 saturated carbocycles. The van der Waals surface area contributed by atoms with Gasteiger partial charge < -0.3 is 14.8 Å². The number of rotatable bonds is 7. The SMILES string of the molecule is CSc1ccc(NC(=O)COC(=O)C(C)Oc2cccc(Cl)c2)cc1. The summed E-state index contributed by atoms with van der Waals surface area (Å²) in [5, 5.41) is 3.17. The second-order valence-corrected chi connectivity index (χ2v) is 6.42. The van der Waals surface area contributed by atoms with E-state index in [1.165, 1.54) is 0 Å². The van der Waals surface area contributed by atoms with Gasteiger partial charge in [-0.25, -0.2) is 4.79 Å². The summed E-state index contributed by atoms with van der Waals surface area (Å²) in [6.07, 6.45) is 1.12. The topological polar surface area (TPSA) is 64.6 Å². The van der Waals surface area contributed by atoms with E-state index in [9.17, 15) is 9.59 Å². The highest BCUT2D eigenvalue weighted by Gasteiger charge is 2.18. The quantitative estimate of drug-likeness (QED) is 0.581. The minimum Gasteiger partial charge on any atom is -0.479 e. The number of benzene rings is 2. The van der Waals surface area contributed by atoms with Crippen molar-refractivity contribution >= 4 is 40.9 Å². The Hall–Kier alpha value is -2.18. The molecule has 1 unspecified atom stereocenters. The Balaban J connectivity index is 1.78. The first kappa shape index (κ1) is 19.1. The number of amides is 1. The molecular formula is C18H18ClNO4S. The van der Waals surface area contributed by atoms with Crippen LogP contribution in [0, 0.1) is 0 Å². The van der Waals surface area contributed by atoms with Gasteiger partial charge in [0.2, 0.25) is 0 Å². The lowest BCUT2D eigenvalue weighted by molar-refractivity contribution is -0.153. The summed E-state index contributed by atoms with van der Waals surface area (Å²) in [5.41, 5.74) is 0.641. The van der Waals surface area contributed by atoms with Gasteiger partial charge in [0.05, 0.1) is 0 Å². The van der Waals surface area contributed by atoms with Gasteiger partial charge in [-0.2, -0.15) is 0 Å². The van der Waals surface area contributed by atoms with Crippen LogP contribution in [0.2, 0.25) is 5.02 Å². The number of anilines is 1. The highest BCUT2D eigenvalue weighted by Crippen LogP contribution is 2.19. The van der Waals surface area contributed by atoms with Crippen molar-refractivity contribution in [2.24, 2.45) is 0 Å². The number of hydrogen-bond acceptors (Lipinski definition) is 5. The van der Waals surface area contributed by atoms with E-state index in [2.05, 4.69) is 5.32 Å². The van der Waals surface area contributed by atoms with Crippen molar-refractivity contribution in [2.45, 2.75) is 17.9 Å². The molecule has 1 amide bonds. The fraction of sp³-hybridized carbons (Fsp3) is 0.222. The summed E-state index contributed by atoms with van der Waals surface area (Å²) in [4.78, 5) is 24.8. The Morgan fingerprint density at radius 1 is 1.20 bits per heavy atom. The van der Waals surface area contributed by atoms with E-state index in [-0.39, 0.29) is 6.61 Å². The highest BCUT2D eigenvalue weighted by molar-refractivity contribution is 7.98. The van der Waals surface area contributed by atoms with Gasteiger partial charge in [0.15, 0.2) is 12.7 Å². The molecule has 0 aliphatic carbocycles. The second-order valence-electron chi connectivity index (χ2n) is 5.10. The van der Waals surface area contributed by atoms with Crippen molar-refractivity contribution in [3.63, 3.8) is 0 Å². The second kappa shape index (κ2) is 9.34. The Bertz CT molecular complexity index is 736. The van der Waals surface area contributed by atoms with Gasteiger partial charge in [0.25, 0.3) is 5.91 Å². The maximum Gasteiger partial charge on any atom is 0.347 e. The first-order chi connectivity index (χ1) is 12.0. The number of thioether (sulfide) groups is 1. The molecule has 0 fully saturated rings. The third-order valence-electron chi connectivity index (χ3n) is 3.16. The van der Waals surface area contributed by atoms with Crippen molar-refractivity contribution in [3.8, 4) is 5.75 Å². The Morgan fingerprint density at radius 2 is 1.92 bits per heavy atom. The van der Waals surface area contributed by atoms with Crippen LogP contribution in [0.4, 0.5) is 5.69 Å². The lowest BCUT2D eigenvalue weighted by Crippen LogP contribution is -2.29. The van der Waals surface area contributed by atoms with Crippen LogP contribution in [0.15, 0.2) is 53.4 Å². The van der Waals surface area contributed by atoms with Gasteiger partial charge in [0.1, 0.15) is 5.75 Å². The molecule has 0 spiro atoms. The number of carbonyl (C=O) groups is 2. The first-order valence-electron chi connectivity index (χ1n) is 7.50. The van der Waals surface area contributed by atoms with E-state index in [1.54, 1.807) is 55.1 Å². The summed E-state index contributed by atoms with van der Waals surface area (Å²) >= 11 is 7.47. The molecule has 132 valence electrons. The zero-order valence-electron chi connectivity index (χ0n) is 13.8. The monoisotopic (exact) mass is 379 g/mol. The number of hydrogen-bond donors (Lipinski definition) is 1. The van der Waals surface area contributed by atoms with Gasteiger partial charge in [-0.15, -0.1) is 11.8 Å². The third-order valence-corrected chi connectivity index (χ3v) is 4.14. The average Bonchev–Trinajstić information content (AvgIpc) is 2.60. The molecule has 0 bridgehead atoms. The molecule has 2 aromatic carbocycles. The van der Waals surface area contributed by atoms with Crippen molar-refractivity contribution in [1.29, 1.82) is 0 Å². The van der Waals surface area contributed by atoms with E-state index >= 15 is 0 Å². The largest absolute Gasteiger partial charge is 0.479 e. The molecule has 7 heteroatoms. The molecule has 0 aliphatic heterocycles. The molecule has 2 rings (SSSR count). The summed E-state index contributed by atoms with van der Waals surface area (Å²) in [6, 6.07) is 14.1. The maximum atomic E-state index is 11.9.